The third-order valence-electron chi connectivity index (χ3n) is 4.21. The first-order chi connectivity index (χ1) is 11.8. The standard InChI is InChI=1S/C18H27N5O2/c1-13(2)16(24)18(3,4)10-21-17(25)20-9-14-5-7-15(8-6-14)23-12-19-11-22-23/h5-8,11-13,16,24H,9-10H2,1-4H3,(H2,20,21,25)/t16-/m1/s1. The van der Waals surface area contributed by atoms with E-state index in [1.165, 1.54) is 6.33 Å². The van der Waals surface area contributed by atoms with E-state index in [1.54, 1.807) is 11.0 Å². The summed E-state index contributed by atoms with van der Waals surface area (Å²) in [6, 6.07) is 7.47. The van der Waals surface area contributed by atoms with E-state index in [4.69, 9.17) is 0 Å². The second-order valence-electron chi connectivity index (χ2n) is 7.22. The van der Waals surface area contributed by atoms with Crippen LogP contribution in [0, 0.1) is 11.3 Å². The van der Waals surface area contributed by atoms with Gasteiger partial charge in [-0.15, -0.1) is 0 Å². The molecule has 0 spiro atoms. The molecule has 0 aliphatic rings. The van der Waals surface area contributed by atoms with Crippen LogP contribution in [0.4, 0.5) is 4.79 Å². The summed E-state index contributed by atoms with van der Waals surface area (Å²) in [4.78, 5) is 15.9. The van der Waals surface area contributed by atoms with Gasteiger partial charge in [-0.2, -0.15) is 5.10 Å². The van der Waals surface area contributed by atoms with Crippen LogP contribution in [-0.2, 0) is 6.54 Å². The Morgan fingerprint density at radius 1 is 1.24 bits per heavy atom. The quantitative estimate of drug-likeness (QED) is 0.717. The summed E-state index contributed by atoms with van der Waals surface area (Å²) in [5.74, 6) is 0.142. The number of amides is 2. The Labute approximate surface area is 148 Å². The van der Waals surface area contributed by atoms with Crippen molar-refractivity contribution in [2.75, 3.05) is 6.54 Å². The number of rotatable bonds is 7. The SMILES string of the molecule is CC(C)[C@@H](O)C(C)(C)CNC(=O)NCc1ccc(-n2cncn2)cc1. The highest BCUT2D eigenvalue weighted by Crippen LogP contribution is 2.24. The first-order valence-electron chi connectivity index (χ1n) is 8.43. The molecule has 3 N–H and O–H groups in total. The molecular formula is C18H27N5O2. The number of hydrogen-bond donors (Lipinski definition) is 3. The van der Waals surface area contributed by atoms with Crippen molar-refractivity contribution in [1.82, 2.24) is 25.4 Å². The third kappa shape index (κ3) is 5.29. The van der Waals surface area contributed by atoms with E-state index >= 15 is 0 Å². The van der Waals surface area contributed by atoms with E-state index in [2.05, 4.69) is 20.7 Å². The Hall–Kier alpha value is -2.41. The van der Waals surface area contributed by atoms with Crippen molar-refractivity contribution < 1.29 is 9.90 Å². The van der Waals surface area contributed by atoms with Crippen molar-refractivity contribution in [3.05, 3.63) is 42.5 Å². The van der Waals surface area contributed by atoms with E-state index in [1.807, 2.05) is 52.0 Å². The molecule has 1 aromatic heterocycles. The van der Waals surface area contributed by atoms with E-state index in [0.29, 0.717) is 13.1 Å². The van der Waals surface area contributed by atoms with E-state index < -0.39 is 6.10 Å². The van der Waals surface area contributed by atoms with Gasteiger partial charge in [0.25, 0.3) is 0 Å². The summed E-state index contributed by atoms with van der Waals surface area (Å²) in [6.45, 7) is 8.66. The molecule has 1 atom stereocenters. The maximum absolute atomic E-state index is 12.0. The van der Waals surface area contributed by atoms with Gasteiger partial charge in [0, 0.05) is 18.5 Å². The van der Waals surface area contributed by atoms with Gasteiger partial charge in [-0.25, -0.2) is 14.5 Å². The molecule has 0 saturated heterocycles. The van der Waals surface area contributed by atoms with Gasteiger partial charge in [-0.1, -0.05) is 39.8 Å². The van der Waals surface area contributed by atoms with Gasteiger partial charge in [0.1, 0.15) is 12.7 Å². The van der Waals surface area contributed by atoms with E-state index in [9.17, 15) is 9.90 Å². The number of aliphatic hydroxyl groups is 1. The van der Waals surface area contributed by atoms with Crippen LogP contribution in [0.5, 0.6) is 0 Å². The fraction of sp³-hybridized carbons (Fsp3) is 0.500. The van der Waals surface area contributed by atoms with Crippen LogP contribution in [0.3, 0.4) is 0 Å². The van der Waals surface area contributed by atoms with Crippen LogP contribution in [0.1, 0.15) is 33.3 Å². The van der Waals surface area contributed by atoms with E-state index in [0.717, 1.165) is 11.3 Å². The largest absolute Gasteiger partial charge is 0.392 e. The fourth-order valence-corrected chi connectivity index (χ4v) is 2.67. The summed E-state index contributed by atoms with van der Waals surface area (Å²) in [5.41, 5.74) is 1.51. The lowest BCUT2D eigenvalue weighted by Gasteiger charge is -2.33. The highest BCUT2D eigenvalue weighted by Gasteiger charge is 2.30. The van der Waals surface area contributed by atoms with Gasteiger partial charge < -0.3 is 15.7 Å². The maximum atomic E-state index is 12.0. The molecule has 7 nitrogen and oxygen atoms in total. The topological polar surface area (TPSA) is 92.1 Å². The molecule has 0 fully saturated rings. The molecule has 136 valence electrons. The number of benzene rings is 1. The lowest BCUT2D eigenvalue weighted by atomic mass is 9.81. The Morgan fingerprint density at radius 3 is 2.48 bits per heavy atom. The predicted molar refractivity (Wildman–Crippen MR) is 96.2 cm³/mol. The minimum Gasteiger partial charge on any atom is -0.392 e. The molecule has 0 bridgehead atoms. The van der Waals surface area contributed by atoms with Gasteiger partial charge >= 0.3 is 6.03 Å². The number of nitrogens with one attached hydrogen (secondary N) is 2. The fourth-order valence-electron chi connectivity index (χ4n) is 2.67. The zero-order chi connectivity index (χ0) is 18.4. The second kappa shape index (κ2) is 8.11. The summed E-state index contributed by atoms with van der Waals surface area (Å²) < 4.78 is 1.67. The molecule has 1 aromatic carbocycles. The van der Waals surface area contributed by atoms with Crippen LogP contribution >= 0.6 is 0 Å². The number of carbonyl (C=O) groups is 1. The van der Waals surface area contributed by atoms with Crippen LogP contribution < -0.4 is 10.6 Å². The predicted octanol–water partition coefficient (Wildman–Crippen LogP) is 2.11. The van der Waals surface area contributed by atoms with Gasteiger partial charge in [0.05, 0.1) is 11.8 Å². The summed E-state index contributed by atoms with van der Waals surface area (Å²) in [5, 5.41) is 19.9. The number of carbonyl (C=O) groups excluding carboxylic acids is 1. The number of aromatic nitrogens is 3. The number of nitrogens with zero attached hydrogens (tertiary/aromatic N) is 3. The molecule has 2 amide bonds. The Morgan fingerprint density at radius 2 is 1.92 bits per heavy atom. The summed E-state index contributed by atoms with van der Waals surface area (Å²) in [7, 11) is 0. The van der Waals surface area contributed by atoms with Crippen LogP contribution in [-0.4, -0.2) is 38.6 Å². The van der Waals surface area contributed by atoms with Crippen molar-refractivity contribution >= 4 is 6.03 Å². The van der Waals surface area contributed by atoms with Crippen molar-refractivity contribution in [2.24, 2.45) is 11.3 Å². The van der Waals surface area contributed by atoms with Gasteiger partial charge in [0.2, 0.25) is 0 Å². The minimum atomic E-state index is -0.475. The molecular weight excluding hydrogens is 318 g/mol. The van der Waals surface area contributed by atoms with Crippen LogP contribution in [0.25, 0.3) is 5.69 Å². The van der Waals surface area contributed by atoms with Gasteiger partial charge in [0.15, 0.2) is 0 Å². The zero-order valence-electron chi connectivity index (χ0n) is 15.2. The summed E-state index contributed by atoms with van der Waals surface area (Å²) in [6.07, 6.45) is 2.64. The Bertz CT molecular complexity index is 665. The first-order valence-corrected chi connectivity index (χ1v) is 8.43. The highest BCUT2D eigenvalue weighted by atomic mass is 16.3. The molecule has 0 saturated carbocycles. The molecule has 0 radical (unpaired) electrons. The molecule has 1 heterocycles. The smallest absolute Gasteiger partial charge is 0.315 e. The molecule has 0 aliphatic carbocycles. The molecule has 2 aromatic rings. The lowest BCUT2D eigenvalue weighted by molar-refractivity contribution is 0.0151. The minimum absolute atomic E-state index is 0.142. The Kier molecular flexibility index (Phi) is 6.14. The van der Waals surface area contributed by atoms with E-state index in [-0.39, 0.29) is 17.4 Å². The van der Waals surface area contributed by atoms with Gasteiger partial charge in [-0.05, 0) is 23.6 Å². The van der Waals surface area contributed by atoms with Crippen LogP contribution in [0.2, 0.25) is 0 Å². The number of aliphatic hydroxyl groups excluding tert-OH is 1. The number of hydrogen-bond acceptors (Lipinski definition) is 4. The Balaban J connectivity index is 1.80. The maximum Gasteiger partial charge on any atom is 0.315 e. The van der Waals surface area contributed by atoms with Gasteiger partial charge in [-0.3, -0.25) is 0 Å². The lowest BCUT2D eigenvalue weighted by Crippen LogP contribution is -2.46. The molecule has 25 heavy (non-hydrogen) atoms. The van der Waals surface area contributed by atoms with Crippen molar-refractivity contribution in [3.63, 3.8) is 0 Å². The zero-order valence-corrected chi connectivity index (χ0v) is 15.2. The molecule has 0 unspecified atom stereocenters. The third-order valence-corrected chi connectivity index (χ3v) is 4.21. The van der Waals surface area contributed by atoms with Crippen molar-refractivity contribution in [2.45, 2.75) is 40.3 Å². The monoisotopic (exact) mass is 345 g/mol. The van der Waals surface area contributed by atoms with Crippen LogP contribution in [0.15, 0.2) is 36.9 Å². The second-order valence-corrected chi connectivity index (χ2v) is 7.22. The highest BCUT2D eigenvalue weighted by molar-refractivity contribution is 5.73. The first kappa shape index (κ1) is 18.9. The summed E-state index contributed by atoms with van der Waals surface area (Å²) >= 11 is 0. The van der Waals surface area contributed by atoms with Crippen molar-refractivity contribution in [1.29, 1.82) is 0 Å². The average molecular weight is 345 g/mol. The van der Waals surface area contributed by atoms with Crippen molar-refractivity contribution in [3.8, 4) is 5.69 Å². The molecule has 0 aliphatic heterocycles. The molecule has 7 heteroatoms. The molecule has 2 rings (SSSR count). The average Bonchev–Trinajstić information content (AvgIpc) is 3.12. The number of urea groups is 1. The normalized spacial score (nSPS) is 12.9.